The lowest BCUT2D eigenvalue weighted by molar-refractivity contribution is 0.0931. The van der Waals surface area contributed by atoms with Gasteiger partial charge in [0.2, 0.25) is 0 Å². The Balaban J connectivity index is 1.40. The number of nitrogens with one attached hydrogen (secondary N) is 3. The molecule has 3 aromatic carbocycles. The summed E-state index contributed by atoms with van der Waals surface area (Å²) in [6.07, 6.45) is 3.95. The van der Waals surface area contributed by atoms with Crippen molar-refractivity contribution >= 4 is 23.3 Å². The van der Waals surface area contributed by atoms with Crippen LogP contribution in [-0.2, 0) is 0 Å². The summed E-state index contributed by atoms with van der Waals surface area (Å²) >= 11 is 0. The lowest BCUT2D eigenvalue weighted by atomic mass is 9.91. The van der Waals surface area contributed by atoms with Crippen molar-refractivity contribution < 1.29 is 9.59 Å². The molecule has 4 rings (SSSR count). The monoisotopic (exact) mass is 569 g/mol. The van der Waals surface area contributed by atoms with Crippen LogP contribution >= 0.6 is 0 Å². The van der Waals surface area contributed by atoms with E-state index >= 15 is 0 Å². The average molecular weight is 570 g/mol. The van der Waals surface area contributed by atoms with Crippen LogP contribution in [0.25, 0.3) is 0 Å². The van der Waals surface area contributed by atoms with Gasteiger partial charge in [-0.05, 0) is 81.4 Å². The molecule has 0 radical (unpaired) electrons. The zero-order chi connectivity index (χ0) is 29.7. The molecule has 3 aromatic rings. The number of anilines is 2. The second kappa shape index (κ2) is 16.0. The highest BCUT2D eigenvalue weighted by Gasteiger charge is 2.28. The van der Waals surface area contributed by atoms with Crippen molar-refractivity contribution in [1.29, 1.82) is 0 Å². The summed E-state index contributed by atoms with van der Waals surface area (Å²) in [4.78, 5) is 30.8. The number of benzene rings is 3. The molecule has 7 nitrogen and oxygen atoms in total. The van der Waals surface area contributed by atoms with E-state index in [-0.39, 0.29) is 18.0 Å². The standard InChI is InChI=1S/C35H47N5O2/c1-4-7-22-36-35(42)38-32-19-18-30(39(5-2)6-3)25-31(32)34(41)37-26-27-20-23-40(24-21-27)33(28-14-10-8-11-15-28)29-16-12-9-13-17-29/h8-19,25,27,33H,4-7,20-24,26H2,1-3H3,(H,37,41)(H2,36,38,42). The van der Waals surface area contributed by atoms with Crippen LogP contribution < -0.4 is 20.9 Å². The minimum Gasteiger partial charge on any atom is -0.372 e. The van der Waals surface area contributed by atoms with Crippen LogP contribution in [0.1, 0.15) is 74.0 Å². The van der Waals surface area contributed by atoms with E-state index in [1.807, 2.05) is 18.2 Å². The van der Waals surface area contributed by atoms with Crippen molar-refractivity contribution in [2.24, 2.45) is 5.92 Å². The van der Waals surface area contributed by atoms with E-state index < -0.39 is 0 Å². The number of amides is 3. The smallest absolute Gasteiger partial charge is 0.319 e. The molecular formula is C35H47N5O2. The summed E-state index contributed by atoms with van der Waals surface area (Å²) < 4.78 is 0. The summed E-state index contributed by atoms with van der Waals surface area (Å²) in [5.74, 6) is 0.249. The quantitative estimate of drug-likeness (QED) is 0.201. The molecular weight excluding hydrogens is 522 g/mol. The number of carbonyl (C=O) groups is 2. The first-order valence-corrected chi connectivity index (χ1v) is 15.6. The van der Waals surface area contributed by atoms with Gasteiger partial charge in [-0.15, -0.1) is 0 Å². The highest BCUT2D eigenvalue weighted by atomic mass is 16.2. The van der Waals surface area contributed by atoms with E-state index in [1.165, 1.54) is 11.1 Å². The number of rotatable bonds is 13. The van der Waals surface area contributed by atoms with Gasteiger partial charge in [-0.1, -0.05) is 74.0 Å². The van der Waals surface area contributed by atoms with Gasteiger partial charge in [0.05, 0.1) is 17.3 Å². The third kappa shape index (κ3) is 8.35. The van der Waals surface area contributed by atoms with Crippen LogP contribution in [0.15, 0.2) is 78.9 Å². The van der Waals surface area contributed by atoms with Crippen LogP contribution in [0.2, 0.25) is 0 Å². The Labute approximate surface area is 251 Å². The highest BCUT2D eigenvalue weighted by Crippen LogP contribution is 2.32. The van der Waals surface area contributed by atoms with E-state index in [2.05, 4.69) is 107 Å². The van der Waals surface area contributed by atoms with Crippen molar-refractivity contribution in [3.8, 4) is 0 Å². The molecule has 1 aliphatic heterocycles. The average Bonchev–Trinajstić information content (AvgIpc) is 3.03. The van der Waals surface area contributed by atoms with Crippen molar-refractivity contribution in [2.45, 2.75) is 52.5 Å². The largest absolute Gasteiger partial charge is 0.372 e. The molecule has 0 unspecified atom stereocenters. The number of carbonyl (C=O) groups excluding carboxylic acids is 2. The molecule has 0 saturated carbocycles. The maximum atomic E-state index is 13.5. The zero-order valence-corrected chi connectivity index (χ0v) is 25.4. The molecule has 0 aromatic heterocycles. The number of hydrogen-bond donors (Lipinski definition) is 3. The summed E-state index contributed by atoms with van der Waals surface area (Å²) in [6.45, 7) is 11.1. The Morgan fingerprint density at radius 1 is 0.857 bits per heavy atom. The molecule has 0 bridgehead atoms. The molecule has 1 fully saturated rings. The minimum absolute atomic E-state index is 0.151. The van der Waals surface area contributed by atoms with Crippen LogP contribution in [0.4, 0.5) is 16.2 Å². The molecule has 1 heterocycles. The highest BCUT2D eigenvalue weighted by molar-refractivity contribution is 6.04. The summed E-state index contributed by atoms with van der Waals surface area (Å²) in [5, 5.41) is 8.98. The van der Waals surface area contributed by atoms with Gasteiger partial charge in [0, 0.05) is 31.9 Å². The lowest BCUT2D eigenvalue weighted by Gasteiger charge is -2.38. The van der Waals surface area contributed by atoms with Gasteiger partial charge in [0.15, 0.2) is 0 Å². The maximum absolute atomic E-state index is 13.5. The van der Waals surface area contributed by atoms with Gasteiger partial charge in [0.1, 0.15) is 0 Å². The van der Waals surface area contributed by atoms with Gasteiger partial charge >= 0.3 is 6.03 Å². The first-order valence-electron chi connectivity index (χ1n) is 15.6. The van der Waals surface area contributed by atoms with Crippen molar-refractivity contribution in [3.63, 3.8) is 0 Å². The summed E-state index contributed by atoms with van der Waals surface area (Å²) in [7, 11) is 0. The molecule has 0 aliphatic carbocycles. The number of nitrogens with zero attached hydrogens (tertiary/aromatic N) is 2. The molecule has 0 spiro atoms. The number of piperidine rings is 1. The number of urea groups is 1. The van der Waals surface area contributed by atoms with Crippen LogP contribution in [0.5, 0.6) is 0 Å². The van der Waals surface area contributed by atoms with Gasteiger partial charge in [-0.25, -0.2) is 4.79 Å². The van der Waals surface area contributed by atoms with E-state index in [4.69, 9.17) is 0 Å². The first kappa shape index (κ1) is 31.1. The van der Waals surface area contributed by atoms with Gasteiger partial charge < -0.3 is 20.9 Å². The van der Waals surface area contributed by atoms with Gasteiger partial charge in [0.25, 0.3) is 5.91 Å². The molecule has 3 amide bonds. The fourth-order valence-corrected chi connectivity index (χ4v) is 5.79. The Morgan fingerprint density at radius 2 is 1.48 bits per heavy atom. The first-order chi connectivity index (χ1) is 20.5. The van der Waals surface area contributed by atoms with Crippen LogP contribution in [-0.4, -0.2) is 56.1 Å². The fourth-order valence-electron chi connectivity index (χ4n) is 5.79. The maximum Gasteiger partial charge on any atom is 0.319 e. The summed E-state index contributed by atoms with van der Waals surface area (Å²) in [5.41, 5.74) is 4.62. The van der Waals surface area contributed by atoms with Crippen LogP contribution in [0, 0.1) is 5.92 Å². The lowest BCUT2D eigenvalue weighted by Crippen LogP contribution is -2.41. The Bertz CT molecular complexity index is 1220. The van der Waals surface area contributed by atoms with Crippen LogP contribution in [0.3, 0.4) is 0 Å². The zero-order valence-electron chi connectivity index (χ0n) is 25.4. The third-order valence-electron chi connectivity index (χ3n) is 8.24. The van der Waals surface area contributed by atoms with Crippen molar-refractivity contribution in [1.82, 2.24) is 15.5 Å². The number of likely N-dealkylation sites (tertiary alicyclic amines) is 1. The molecule has 1 aliphatic rings. The molecule has 0 atom stereocenters. The number of hydrogen-bond acceptors (Lipinski definition) is 4. The van der Waals surface area contributed by atoms with Gasteiger partial charge in [-0.2, -0.15) is 0 Å². The molecule has 224 valence electrons. The molecule has 7 heteroatoms. The molecule has 42 heavy (non-hydrogen) atoms. The second-order valence-electron chi connectivity index (χ2n) is 11.0. The Hall–Kier alpha value is -3.84. The van der Waals surface area contributed by atoms with Crippen molar-refractivity contribution in [3.05, 3.63) is 95.6 Å². The minimum atomic E-state index is -0.285. The second-order valence-corrected chi connectivity index (χ2v) is 11.0. The fraction of sp³-hybridized carbons (Fsp3) is 0.429. The normalized spacial score (nSPS) is 14.0. The van der Waals surface area contributed by atoms with E-state index in [9.17, 15) is 9.59 Å². The molecule has 3 N–H and O–H groups in total. The van der Waals surface area contributed by atoms with Crippen molar-refractivity contribution in [2.75, 3.05) is 49.5 Å². The SMILES string of the molecule is CCCCNC(=O)Nc1ccc(N(CC)CC)cc1C(=O)NCC1CCN(C(c2ccccc2)c2ccccc2)CC1. The van der Waals surface area contributed by atoms with E-state index in [0.717, 1.165) is 57.5 Å². The third-order valence-corrected chi connectivity index (χ3v) is 8.24. The Kier molecular flexibility index (Phi) is 11.8. The topological polar surface area (TPSA) is 76.7 Å². The molecule has 1 saturated heterocycles. The predicted molar refractivity (Wildman–Crippen MR) is 173 cm³/mol. The number of unbranched alkanes of at least 4 members (excludes halogenated alkanes) is 1. The van der Waals surface area contributed by atoms with Gasteiger partial charge in [-0.3, -0.25) is 9.69 Å². The van der Waals surface area contributed by atoms with E-state index in [1.54, 1.807) is 0 Å². The Morgan fingerprint density at radius 3 is 2.05 bits per heavy atom. The summed E-state index contributed by atoms with van der Waals surface area (Å²) in [6, 6.07) is 27.1. The van der Waals surface area contributed by atoms with E-state index in [0.29, 0.717) is 30.3 Å². The predicted octanol–water partition coefficient (Wildman–Crippen LogP) is 6.69.